The Hall–Kier alpha value is -3.62. The summed E-state index contributed by atoms with van der Waals surface area (Å²) in [6.07, 6.45) is 1.50. The minimum absolute atomic E-state index is 0.0680. The molecule has 3 aromatic rings. The Balaban J connectivity index is 1.44. The van der Waals surface area contributed by atoms with Gasteiger partial charge in [0.2, 0.25) is 12.7 Å². The highest BCUT2D eigenvalue weighted by Crippen LogP contribution is 2.33. The average Bonchev–Trinajstić information content (AvgIpc) is 3.42. The summed E-state index contributed by atoms with van der Waals surface area (Å²) in [5, 5.41) is 0.558. The highest BCUT2D eigenvalue weighted by Gasteiger charge is 2.25. The zero-order valence-electron chi connectivity index (χ0n) is 16.7. The molecule has 0 spiro atoms. The van der Waals surface area contributed by atoms with Crippen molar-refractivity contribution in [2.75, 3.05) is 6.79 Å². The first-order chi connectivity index (χ1) is 16.0. The lowest BCUT2D eigenvalue weighted by Gasteiger charge is -2.09. The number of benzene rings is 3. The van der Waals surface area contributed by atoms with E-state index < -0.39 is 11.9 Å². The molecule has 0 N–H and O–H groups in total. The highest BCUT2D eigenvalue weighted by molar-refractivity contribution is 9.10. The van der Waals surface area contributed by atoms with Gasteiger partial charge in [-0.05, 0) is 66.7 Å². The third-order valence-electron chi connectivity index (χ3n) is 4.79. The summed E-state index contributed by atoms with van der Waals surface area (Å²) in [5.41, 5.74) is 1.44. The van der Waals surface area contributed by atoms with E-state index in [0.29, 0.717) is 33.2 Å². The normalized spacial score (nSPS) is 15.4. The standard InChI is InChI=1S/C24H13BrClNO6/c25-16-4-8-19(32-23(28)14-3-7-20-21(11-14)31-12-30-20)15(9-16)10-18-24(29)33-22(27-18)13-1-5-17(26)6-2-13/h1-11H,12H2. The van der Waals surface area contributed by atoms with Gasteiger partial charge in [0.25, 0.3) is 0 Å². The smallest absolute Gasteiger partial charge is 0.363 e. The number of carbonyl (C=O) groups is 2. The van der Waals surface area contributed by atoms with Crippen LogP contribution < -0.4 is 14.2 Å². The molecule has 2 aliphatic rings. The number of fused-ring (bicyclic) bond motifs is 1. The average molecular weight is 527 g/mol. The molecule has 0 amide bonds. The van der Waals surface area contributed by atoms with Crippen LogP contribution in [0.4, 0.5) is 0 Å². The monoisotopic (exact) mass is 525 g/mol. The van der Waals surface area contributed by atoms with E-state index in [1.54, 1.807) is 60.7 Å². The molecule has 164 valence electrons. The second-order valence-corrected chi connectivity index (χ2v) is 8.33. The summed E-state index contributed by atoms with van der Waals surface area (Å²) in [7, 11) is 0. The van der Waals surface area contributed by atoms with Crippen LogP contribution in [0.1, 0.15) is 21.5 Å². The summed E-state index contributed by atoms with van der Waals surface area (Å²) in [6, 6.07) is 16.6. The lowest BCUT2D eigenvalue weighted by molar-refractivity contribution is -0.129. The molecule has 2 heterocycles. The Morgan fingerprint density at radius 3 is 2.64 bits per heavy atom. The van der Waals surface area contributed by atoms with E-state index in [1.165, 1.54) is 6.08 Å². The van der Waals surface area contributed by atoms with E-state index in [-0.39, 0.29) is 24.1 Å². The van der Waals surface area contributed by atoms with Crippen molar-refractivity contribution in [1.29, 1.82) is 0 Å². The van der Waals surface area contributed by atoms with Gasteiger partial charge in [-0.15, -0.1) is 0 Å². The van der Waals surface area contributed by atoms with Gasteiger partial charge < -0.3 is 18.9 Å². The molecule has 7 nitrogen and oxygen atoms in total. The number of carbonyl (C=O) groups excluding carboxylic acids is 2. The van der Waals surface area contributed by atoms with Gasteiger partial charge in [-0.25, -0.2) is 14.6 Å². The van der Waals surface area contributed by atoms with E-state index >= 15 is 0 Å². The lowest BCUT2D eigenvalue weighted by Crippen LogP contribution is -2.09. The fourth-order valence-corrected chi connectivity index (χ4v) is 3.68. The molecule has 0 radical (unpaired) electrons. The van der Waals surface area contributed by atoms with Crippen LogP contribution in [0.3, 0.4) is 0 Å². The quantitative estimate of drug-likeness (QED) is 0.257. The largest absolute Gasteiger partial charge is 0.454 e. The molecule has 0 bridgehead atoms. The van der Waals surface area contributed by atoms with E-state index in [0.717, 1.165) is 4.47 Å². The first kappa shape index (κ1) is 21.2. The van der Waals surface area contributed by atoms with Gasteiger partial charge >= 0.3 is 11.9 Å². The topological polar surface area (TPSA) is 83.4 Å². The summed E-state index contributed by atoms with van der Waals surface area (Å²) >= 11 is 9.31. The van der Waals surface area contributed by atoms with E-state index in [4.69, 9.17) is 30.5 Å². The van der Waals surface area contributed by atoms with E-state index in [1.807, 2.05) is 0 Å². The third-order valence-corrected chi connectivity index (χ3v) is 5.53. The predicted octanol–water partition coefficient (Wildman–Crippen LogP) is 5.39. The molecule has 0 fully saturated rings. The van der Waals surface area contributed by atoms with Crippen molar-refractivity contribution in [2.45, 2.75) is 0 Å². The summed E-state index contributed by atoms with van der Waals surface area (Å²) in [4.78, 5) is 29.4. The maximum absolute atomic E-state index is 12.7. The van der Waals surface area contributed by atoms with Crippen molar-refractivity contribution in [3.8, 4) is 17.2 Å². The van der Waals surface area contributed by atoms with Gasteiger partial charge in [0.05, 0.1) is 5.56 Å². The maximum Gasteiger partial charge on any atom is 0.363 e. The van der Waals surface area contributed by atoms with Crippen molar-refractivity contribution in [2.24, 2.45) is 4.99 Å². The molecule has 0 aliphatic carbocycles. The summed E-state index contributed by atoms with van der Waals surface area (Å²) in [6.45, 7) is 0.104. The van der Waals surface area contributed by atoms with E-state index in [2.05, 4.69) is 20.9 Å². The Labute approximate surface area is 201 Å². The van der Waals surface area contributed by atoms with Crippen LogP contribution in [0.5, 0.6) is 17.2 Å². The number of ether oxygens (including phenoxy) is 4. The number of cyclic esters (lactones) is 1. The molecule has 2 aliphatic heterocycles. The highest BCUT2D eigenvalue weighted by atomic mass is 79.9. The van der Waals surface area contributed by atoms with Crippen LogP contribution in [0, 0.1) is 0 Å². The first-order valence-electron chi connectivity index (χ1n) is 9.66. The molecular weight excluding hydrogens is 514 g/mol. The number of nitrogens with zero attached hydrogens (tertiary/aromatic N) is 1. The fourth-order valence-electron chi connectivity index (χ4n) is 3.18. The second-order valence-electron chi connectivity index (χ2n) is 6.98. The lowest BCUT2D eigenvalue weighted by atomic mass is 10.1. The maximum atomic E-state index is 12.7. The van der Waals surface area contributed by atoms with Crippen molar-refractivity contribution >= 4 is 51.4 Å². The zero-order chi connectivity index (χ0) is 22.9. The number of aliphatic imine (C=N–C) groups is 1. The minimum atomic E-state index is -0.618. The predicted molar refractivity (Wildman–Crippen MR) is 124 cm³/mol. The minimum Gasteiger partial charge on any atom is -0.454 e. The SMILES string of the molecule is O=C1OC(c2ccc(Cl)cc2)=NC1=Cc1cc(Br)ccc1OC(=O)c1ccc2c(c1)OCO2. The summed E-state index contributed by atoms with van der Waals surface area (Å²) in [5.74, 6) is 0.241. The van der Waals surface area contributed by atoms with Crippen LogP contribution in [0.25, 0.3) is 6.08 Å². The zero-order valence-corrected chi connectivity index (χ0v) is 19.1. The summed E-state index contributed by atoms with van der Waals surface area (Å²) < 4.78 is 22.2. The Bertz CT molecular complexity index is 1350. The molecule has 3 aromatic carbocycles. The molecule has 33 heavy (non-hydrogen) atoms. The number of hydrogen-bond donors (Lipinski definition) is 0. The molecule has 9 heteroatoms. The van der Waals surface area contributed by atoms with Crippen molar-refractivity contribution in [1.82, 2.24) is 0 Å². The molecular formula is C24H13BrClNO6. The fraction of sp³-hybridized carbons (Fsp3) is 0.0417. The molecule has 0 unspecified atom stereocenters. The first-order valence-corrected chi connectivity index (χ1v) is 10.8. The third kappa shape index (κ3) is 4.48. The Morgan fingerprint density at radius 1 is 1.03 bits per heavy atom. The molecule has 0 saturated heterocycles. The van der Waals surface area contributed by atoms with Crippen LogP contribution >= 0.6 is 27.5 Å². The molecule has 0 aromatic heterocycles. The van der Waals surface area contributed by atoms with Crippen LogP contribution in [-0.4, -0.2) is 24.6 Å². The number of halogens is 2. The Kier molecular flexibility index (Phi) is 5.62. The van der Waals surface area contributed by atoms with Gasteiger partial charge in [-0.1, -0.05) is 27.5 Å². The van der Waals surface area contributed by atoms with Gasteiger partial charge in [0.1, 0.15) is 5.75 Å². The van der Waals surface area contributed by atoms with Crippen LogP contribution in [0.2, 0.25) is 5.02 Å². The molecule has 0 saturated carbocycles. The van der Waals surface area contributed by atoms with Crippen LogP contribution in [0.15, 0.2) is 75.8 Å². The van der Waals surface area contributed by atoms with Gasteiger partial charge in [-0.2, -0.15) is 0 Å². The second kappa shape index (κ2) is 8.73. The van der Waals surface area contributed by atoms with E-state index in [9.17, 15) is 9.59 Å². The van der Waals surface area contributed by atoms with Crippen LogP contribution in [-0.2, 0) is 9.53 Å². The van der Waals surface area contributed by atoms with Gasteiger partial charge in [0, 0.05) is 20.6 Å². The van der Waals surface area contributed by atoms with Gasteiger partial charge in [0.15, 0.2) is 17.2 Å². The van der Waals surface area contributed by atoms with Crippen molar-refractivity contribution in [3.63, 3.8) is 0 Å². The van der Waals surface area contributed by atoms with Crippen molar-refractivity contribution < 1.29 is 28.5 Å². The Morgan fingerprint density at radius 2 is 1.82 bits per heavy atom. The van der Waals surface area contributed by atoms with Gasteiger partial charge in [-0.3, -0.25) is 0 Å². The van der Waals surface area contributed by atoms with Crippen molar-refractivity contribution in [3.05, 3.63) is 92.5 Å². The molecule has 0 atom stereocenters. The number of hydrogen-bond acceptors (Lipinski definition) is 7. The number of rotatable bonds is 4. The molecule has 5 rings (SSSR count). The number of esters is 2.